The average Bonchev–Trinajstić information content (AvgIpc) is 3.24. The Morgan fingerprint density at radius 3 is 2.45 bits per heavy atom. The van der Waals surface area contributed by atoms with Crippen molar-refractivity contribution in [2.24, 2.45) is 10.8 Å². The Bertz CT molecular complexity index is 1380. The van der Waals surface area contributed by atoms with Crippen molar-refractivity contribution in [1.82, 2.24) is 19.9 Å². The van der Waals surface area contributed by atoms with Crippen LogP contribution in [0.25, 0.3) is 5.82 Å². The van der Waals surface area contributed by atoms with Gasteiger partial charge in [0.25, 0.3) is 5.91 Å². The fourth-order valence-corrected chi connectivity index (χ4v) is 6.02. The van der Waals surface area contributed by atoms with Gasteiger partial charge in [-0.3, -0.25) is 9.36 Å². The largest absolute Gasteiger partial charge is 0.493 e. The highest BCUT2D eigenvalue weighted by Crippen LogP contribution is 2.37. The molecule has 0 aromatic carbocycles. The molecule has 1 aliphatic carbocycles. The average molecular weight is 541 g/mol. The number of sulfone groups is 1. The minimum absolute atomic E-state index is 0.0283. The molecule has 204 valence electrons. The zero-order chi connectivity index (χ0) is 28.3. The summed E-state index contributed by atoms with van der Waals surface area (Å²) in [4.78, 5) is 22.3. The molecule has 1 aliphatic rings. The number of hydrogen-bond donors (Lipinski definition) is 1. The van der Waals surface area contributed by atoms with Crippen molar-refractivity contribution in [3.05, 3.63) is 35.0 Å². The van der Waals surface area contributed by atoms with Gasteiger partial charge in [-0.1, -0.05) is 27.7 Å². The number of nitrogens with zero attached hydrogens (tertiary/aromatic N) is 5. The van der Waals surface area contributed by atoms with Gasteiger partial charge in [-0.2, -0.15) is 10.5 Å². The number of methoxy groups -OCH3 is 1. The molecule has 0 atom stereocenters. The second-order valence-corrected chi connectivity index (χ2v) is 13.6. The predicted molar refractivity (Wildman–Crippen MR) is 143 cm³/mol. The lowest BCUT2D eigenvalue weighted by Gasteiger charge is -2.34. The summed E-state index contributed by atoms with van der Waals surface area (Å²) >= 11 is 0. The summed E-state index contributed by atoms with van der Waals surface area (Å²) in [7, 11) is -1.65. The maximum atomic E-state index is 13.2. The zero-order valence-corrected chi connectivity index (χ0v) is 23.8. The molecular weight excluding hydrogens is 504 g/mol. The molecule has 1 N–H and O–H groups in total. The third kappa shape index (κ3) is 6.33. The Kier molecular flexibility index (Phi) is 8.52. The first kappa shape index (κ1) is 29.1. The van der Waals surface area contributed by atoms with E-state index in [1.807, 2.05) is 13.0 Å². The van der Waals surface area contributed by atoms with Crippen LogP contribution in [-0.4, -0.2) is 54.0 Å². The first-order valence-electron chi connectivity index (χ1n) is 12.7. The molecule has 1 amide bonds. The first-order chi connectivity index (χ1) is 17.8. The Balaban J connectivity index is 1.90. The topological polar surface area (TPSA) is 151 Å². The van der Waals surface area contributed by atoms with E-state index in [4.69, 9.17) is 4.74 Å². The number of aromatic nitrogens is 3. The molecule has 0 unspecified atom stereocenters. The summed E-state index contributed by atoms with van der Waals surface area (Å²) in [5.41, 5.74) is 0.143. The third-order valence-electron chi connectivity index (χ3n) is 6.96. The van der Waals surface area contributed by atoms with Crippen molar-refractivity contribution in [1.29, 1.82) is 10.5 Å². The van der Waals surface area contributed by atoms with Crippen LogP contribution in [0.15, 0.2) is 12.3 Å². The standard InChI is InChI=1S/C27H36N6O4S/c1-7-22-32-23(25(34)31-17-27(16-29)10-8-19(9-11-27)38(6,35)36)20(14-28)33(22)24-21(37-5)12-18(15-30-24)13-26(2,3)4/h12,15,19H,7-11,13,17H2,1-6H3,(H,31,34). The number of nitriles is 2. The first-order valence-corrected chi connectivity index (χ1v) is 14.7. The molecule has 1 saturated carbocycles. The quantitative estimate of drug-likeness (QED) is 0.534. The number of nitrogens with one attached hydrogen (secondary N) is 1. The summed E-state index contributed by atoms with van der Waals surface area (Å²) in [6.07, 6.45) is 5.65. The number of hydrogen-bond acceptors (Lipinski definition) is 8. The van der Waals surface area contributed by atoms with E-state index in [2.05, 4.69) is 48.2 Å². The van der Waals surface area contributed by atoms with Crippen molar-refractivity contribution in [2.75, 3.05) is 19.9 Å². The van der Waals surface area contributed by atoms with Crippen LogP contribution in [0, 0.1) is 33.5 Å². The number of carbonyl (C=O) groups is 1. The molecule has 1 fully saturated rings. The van der Waals surface area contributed by atoms with Crippen LogP contribution < -0.4 is 10.1 Å². The fourth-order valence-electron chi connectivity index (χ4n) is 4.93. The smallest absolute Gasteiger partial charge is 0.272 e. The van der Waals surface area contributed by atoms with Gasteiger partial charge in [-0.25, -0.2) is 18.4 Å². The Labute approximate surface area is 225 Å². The second-order valence-electron chi connectivity index (χ2n) is 11.2. The van der Waals surface area contributed by atoms with Gasteiger partial charge >= 0.3 is 0 Å². The fraction of sp³-hybridized carbons (Fsp3) is 0.593. The van der Waals surface area contributed by atoms with Gasteiger partial charge in [0.2, 0.25) is 0 Å². The van der Waals surface area contributed by atoms with Gasteiger partial charge < -0.3 is 10.1 Å². The number of pyridine rings is 1. The lowest BCUT2D eigenvalue weighted by Crippen LogP contribution is -2.41. The monoisotopic (exact) mass is 540 g/mol. The summed E-state index contributed by atoms with van der Waals surface area (Å²) in [6, 6.07) is 6.27. The van der Waals surface area contributed by atoms with Crippen molar-refractivity contribution >= 4 is 15.7 Å². The van der Waals surface area contributed by atoms with E-state index < -0.39 is 26.4 Å². The number of imidazole rings is 1. The van der Waals surface area contributed by atoms with Gasteiger partial charge in [0.15, 0.2) is 23.0 Å². The van der Waals surface area contributed by atoms with Crippen LogP contribution >= 0.6 is 0 Å². The summed E-state index contributed by atoms with van der Waals surface area (Å²) in [6.45, 7) is 8.30. The van der Waals surface area contributed by atoms with Gasteiger partial charge in [0.05, 0.1) is 23.8 Å². The van der Waals surface area contributed by atoms with Crippen LogP contribution in [0.1, 0.15) is 80.9 Å². The van der Waals surface area contributed by atoms with Crippen molar-refractivity contribution in [3.63, 3.8) is 0 Å². The predicted octanol–water partition coefficient (Wildman–Crippen LogP) is 3.53. The molecule has 2 aromatic heterocycles. The number of aryl methyl sites for hydroxylation is 1. The van der Waals surface area contributed by atoms with Crippen molar-refractivity contribution in [3.8, 4) is 23.7 Å². The van der Waals surface area contributed by atoms with E-state index >= 15 is 0 Å². The molecule has 0 aliphatic heterocycles. The van der Waals surface area contributed by atoms with E-state index in [0.29, 0.717) is 49.5 Å². The van der Waals surface area contributed by atoms with Crippen molar-refractivity contribution in [2.45, 2.75) is 71.5 Å². The number of rotatable bonds is 8. The number of ether oxygens (including phenoxy) is 1. The van der Waals surface area contributed by atoms with E-state index in [0.717, 1.165) is 12.0 Å². The SMILES string of the molecule is CCc1nc(C(=O)NCC2(C#N)CCC(S(C)(=O)=O)CC2)c(C#N)n1-c1ncc(CC(C)(C)C)cc1OC. The van der Waals surface area contributed by atoms with Crippen LogP contribution in [-0.2, 0) is 22.7 Å². The lowest BCUT2D eigenvalue weighted by molar-refractivity contribution is 0.0927. The molecule has 0 radical (unpaired) electrons. The Morgan fingerprint density at radius 1 is 1.29 bits per heavy atom. The minimum atomic E-state index is -3.18. The highest BCUT2D eigenvalue weighted by Gasteiger charge is 2.39. The van der Waals surface area contributed by atoms with Crippen LogP contribution in [0.4, 0.5) is 0 Å². The molecule has 2 aromatic rings. The molecule has 0 bridgehead atoms. The van der Waals surface area contributed by atoms with Gasteiger partial charge in [0, 0.05) is 25.4 Å². The maximum absolute atomic E-state index is 13.2. The maximum Gasteiger partial charge on any atom is 0.272 e. The van der Waals surface area contributed by atoms with Gasteiger partial charge in [0.1, 0.15) is 21.7 Å². The highest BCUT2D eigenvalue weighted by atomic mass is 32.2. The van der Waals surface area contributed by atoms with E-state index in [-0.39, 0.29) is 23.3 Å². The zero-order valence-electron chi connectivity index (χ0n) is 23.0. The molecule has 2 heterocycles. The molecule has 0 spiro atoms. The Hall–Kier alpha value is -3.44. The molecule has 0 saturated heterocycles. The normalized spacial score (nSPS) is 19.8. The third-order valence-corrected chi connectivity index (χ3v) is 8.64. The van der Waals surface area contributed by atoms with E-state index in [9.17, 15) is 23.7 Å². The molecular formula is C27H36N6O4S. The summed E-state index contributed by atoms with van der Waals surface area (Å²) < 4.78 is 31.0. The lowest BCUT2D eigenvalue weighted by atomic mass is 9.75. The molecule has 3 rings (SSSR count). The summed E-state index contributed by atoms with van der Waals surface area (Å²) in [5, 5.41) is 22.2. The van der Waals surface area contributed by atoms with Crippen molar-refractivity contribution < 1.29 is 17.9 Å². The van der Waals surface area contributed by atoms with Gasteiger partial charge in [-0.05, 0) is 49.1 Å². The van der Waals surface area contributed by atoms with Crippen LogP contribution in [0.2, 0.25) is 0 Å². The van der Waals surface area contributed by atoms with Crippen LogP contribution in [0.3, 0.4) is 0 Å². The number of carbonyl (C=O) groups excluding carboxylic acids is 1. The second kappa shape index (κ2) is 11.1. The van der Waals surface area contributed by atoms with Gasteiger partial charge in [-0.15, -0.1) is 0 Å². The Morgan fingerprint density at radius 2 is 1.95 bits per heavy atom. The minimum Gasteiger partial charge on any atom is -0.493 e. The molecule has 38 heavy (non-hydrogen) atoms. The molecule has 10 nitrogen and oxygen atoms in total. The summed E-state index contributed by atoms with van der Waals surface area (Å²) in [5.74, 6) is 0.744. The highest BCUT2D eigenvalue weighted by molar-refractivity contribution is 7.91. The molecule has 11 heteroatoms. The van der Waals surface area contributed by atoms with E-state index in [1.165, 1.54) is 13.4 Å². The number of amides is 1. The van der Waals surface area contributed by atoms with Crippen LogP contribution in [0.5, 0.6) is 5.75 Å². The van der Waals surface area contributed by atoms with E-state index in [1.54, 1.807) is 10.8 Å².